The molecule has 1 N–H and O–H groups in total. The van der Waals surface area contributed by atoms with Crippen LogP contribution in [0.5, 0.6) is 0 Å². The first-order valence-corrected chi connectivity index (χ1v) is 8.96. The lowest BCUT2D eigenvalue weighted by Gasteiger charge is -2.36. The highest BCUT2D eigenvalue weighted by molar-refractivity contribution is 6.43. The minimum Gasteiger partial charge on any atom is -0.390 e. The molecule has 1 aliphatic rings. The van der Waals surface area contributed by atoms with Crippen molar-refractivity contribution in [3.05, 3.63) is 46.8 Å². The molecule has 2 aromatic heterocycles. The molecule has 0 amide bonds. The van der Waals surface area contributed by atoms with E-state index in [1.807, 2.05) is 29.7 Å². The molecule has 0 radical (unpaired) electrons. The van der Waals surface area contributed by atoms with Crippen molar-refractivity contribution >= 4 is 34.8 Å². The molecule has 1 aliphatic heterocycles. The Bertz CT molecular complexity index is 928. The van der Waals surface area contributed by atoms with Gasteiger partial charge in [-0.1, -0.05) is 35.3 Å². The third kappa shape index (κ3) is 2.97. The molecule has 5 nitrogen and oxygen atoms in total. The van der Waals surface area contributed by atoms with Gasteiger partial charge in [-0.2, -0.15) is 0 Å². The van der Waals surface area contributed by atoms with Crippen molar-refractivity contribution in [2.75, 3.05) is 18.0 Å². The highest BCUT2D eigenvalue weighted by Gasteiger charge is 2.29. The molecule has 3 aromatic rings. The lowest BCUT2D eigenvalue weighted by Crippen LogP contribution is -2.43. The van der Waals surface area contributed by atoms with Crippen molar-refractivity contribution in [3.8, 4) is 11.1 Å². The van der Waals surface area contributed by atoms with E-state index in [4.69, 9.17) is 23.2 Å². The van der Waals surface area contributed by atoms with E-state index in [2.05, 4.69) is 14.9 Å². The van der Waals surface area contributed by atoms with Gasteiger partial charge in [-0.25, -0.2) is 9.97 Å². The molecule has 0 saturated carbocycles. The maximum absolute atomic E-state index is 10.2. The predicted molar refractivity (Wildman–Crippen MR) is 101 cm³/mol. The summed E-state index contributed by atoms with van der Waals surface area (Å²) in [7, 11) is 0. The number of aliphatic hydroxyl groups is 1. The van der Waals surface area contributed by atoms with E-state index in [1.165, 1.54) is 0 Å². The van der Waals surface area contributed by atoms with Crippen LogP contribution in [0.15, 0.2) is 36.8 Å². The number of anilines is 1. The summed E-state index contributed by atoms with van der Waals surface area (Å²) in [6, 6.07) is 5.54. The Kier molecular flexibility index (Phi) is 4.10. The number of nitrogens with zero attached hydrogens (tertiary/aromatic N) is 4. The zero-order valence-electron chi connectivity index (χ0n) is 13.8. The van der Waals surface area contributed by atoms with Gasteiger partial charge in [-0.15, -0.1) is 0 Å². The Labute approximate surface area is 155 Å². The SMILES string of the molecule is CC1(O)CCN(c2ncc(-c3cccc(Cl)c3Cl)c3nccn23)CC1. The molecule has 0 bridgehead atoms. The van der Waals surface area contributed by atoms with Crippen molar-refractivity contribution in [2.24, 2.45) is 0 Å². The molecule has 3 heterocycles. The van der Waals surface area contributed by atoms with Crippen molar-refractivity contribution in [1.29, 1.82) is 0 Å². The molecular weight excluding hydrogens is 359 g/mol. The number of aromatic nitrogens is 3. The lowest BCUT2D eigenvalue weighted by atomic mass is 9.94. The number of rotatable bonds is 2. The molecule has 25 heavy (non-hydrogen) atoms. The normalized spacial score (nSPS) is 17.2. The summed E-state index contributed by atoms with van der Waals surface area (Å²) in [5.74, 6) is 0.824. The van der Waals surface area contributed by atoms with Crippen LogP contribution in [0.2, 0.25) is 10.0 Å². The van der Waals surface area contributed by atoms with E-state index in [-0.39, 0.29) is 0 Å². The Morgan fingerprint density at radius 1 is 1.12 bits per heavy atom. The fourth-order valence-electron chi connectivity index (χ4n) is 3.23. The van der Waals surface area contributed by atoms with Crippen molar-refractivity contribution in [1.82, 2.24) is 14.4 Å². The zero-order valence-corrected chi connectivity index (χ0v) is 15.3. The second kappa shape index (κ2) is 6.16. The summed E-state index contributed by atoms with van der Waals surface area (Å²) < 4.78 is 1.96. The first-order valence-electron chi connectivity index (χ1n) is 8.20. The zero-order chi connectivity index (χ0) is 17.6. The quantitative estimate of drug-likeness (QED) is 0.732. The van der Waals surface area contributed by atoms with E-state index in [0.29, 0.717) is 22.9 Å². The Morgan fingerprint density at radius 2 is 1.88 bits per heavy atom. The van der Waals surface area contributed by atoms with E-state index >= 15 is 0 Å². The molecule has 1 fully saturated rings. The van der Waals surface area contributed by atoms with Crippen molar-refractivity contribution < 1.29 is 5.11 Å². The van der Waals surface area contributed by atoms with E-state index in [0.717, 1.165) is 35.8 Å². The number of benzene rings is 1. The average molecular weight is 377 g/mol. The highest BCUT2D eigenvalue weighted by Crippen LogP contribution is 2.36. The van der Waals surface area contributed by atoms with Crippen LogP contribution >= 0.6 is 23.2 Å². The summed E-state index contributed by atoms with van der Waals surface area (Å²) in [6.07, 6.45) is 6.87. The van der Waals surface area contributed by atoms with Crippen LogP contribution in [0, 0.1) is 0 Å². The number of fused-ring (bicyclic) bond motifs is 1. The van der Waals surface area contributed by atoms with Crippen LogP contribution in [0.3, 0.4) is 0 Å². The van der Waals surface area contributed by atoms with Crippen molar-refractivity contribution in [2.45, 2.75) is 25.4 Å². The topological polar surface area (TPSA) is 53.7 Å². The maximum atomic E-state index is 10.2. The van der Waals surface area contributed by atoms with Gasteiger partial charge in [-0.05, 0) is 25.8 Å². The Hall–Kier alpha value is -1.82. The fourth-order valence-corrected chi connectivity index (χ4v) is 3.63. The van der Waals surface area contributed by atoms with Crippen LogP contribution in [0.25, 0.3) is 16.8 Å². The van der Waals surface area contributed by atoms with E-state index < -0.39 is 5.60 Å². The van der Waals surface area contributed by atoms with Crippen LogP contribution in [-0.2, 0) is 0 Å². The summed E-state index contributed by atoms with van der Waals surface area (Å²) in [4.78, 5) is 11.3. The lowest BCUT2D eigenvalue weighted by molar-refractivity contribution is 0.0348. The van der Waals surface area contributed by atoms with Crippen LogP contribution in [-0.4, -0.2) is 38.2 Å². The van der Waals surface area contributed by atoms with E-state index in [1.54, 1.807) is 18.5 Å². The largest absolute Gasteiger partial charge is 0.390 e. The number of halogens is 2. The smallest absolute Gasteiger partial charge is 0.211 e. The molecule has 7 heteroatoms. The van der Waals surface area contributed by atoms with Gasteiger partial charge in [0, 0.05) is 42.8 Å². The van der Waals surface area contributed by atoms with Gasteiger partial charge in [0.1, 0.15) is 5.65 Å². The molecule has 0 spiro atoms. The third-order valence-electron chi connectivity index (χ3n) is 4.77. The Morgan fingerprint density at radius 3 is 2.64 bits per heavy atom. The number of piperidine rings is 1. The first-order chi connectivity index (χ1) is 12.0. The van der Waals surface area contributed by atoms with Gasteiger partial charge in [0.25, 0.3) is 0 Å². The number of hydrogen-bond acceptors (Lipinski definition) is 4. The second-order valence-corrected chi connectivity index (χ2v) is 7.46. The molecule has 0 unspecified atom stereocenters. The minimum atomic E-state index is -0.598. The van der Waals surface area contributed by atoms with Crippen LogP contribution in [0.4, 0.5) is 5.95 Å². The number of hydrogen-bond donors (Lipinski definition) is 1. The van der Waals surface area contributed by atoms with Gasteiger partial charge in [0.15, 0.2) is 0 Å². The molecule has 130 valence electrons. The molecular formula is C18H18Cl2N4O. The second-order valence-electron chi connectivity index (χ2n) is 6.68. The summed E-state index contributed by atoms with van der Waals surface area (Å²) in [6.45, 7) is 3.39. The monoisotopic (exact) mass is 376 g/mol. The third-order valence-corrected chi connectivity index (χ3v) is 5.59. The summed E-state index contributed by atoms with van der Waals surface area (Å²) >= 11 is 12.5. The van der Waals surface area contributed by atoms with Crippen LogP contribution in [0.1, 0.15) is 19.8 Å². The standard InChI is InChI=1S/C18H18Cl2N4O/c1-18(25)5-8-23(9-6-18)17-22-11-13(16-21-7-10-24(16)17)12-3-2-4-14(19)15(12)20/h2-4,7,10-11,25H,5-6,8-9H2,1H3. The maximum Gasteiger partial charge on any atom is 0.211 e. The molecule has 0 aliphatic carbocycles. The van der Waals surface area contributed by atoms with E-state index in [9.17, 15) is 5.11 Å². The van der Waals surface area contributed by atoms with Gasteiger partial charge in [-0.3, -0.25) is 4.40 Å². The summed E-state index contributed by atoms with van der Waals surface area (Å²) in [5.41, 5.74) is 1.83. The van der Waals surface area contributed by atoms with Gasteiger partial charge in [0.2, 0.25) is 5.95 Å². The van der Waals surface area contributed by atoms with Gasteiger partial charge < -0.3 is 10.0 Å². The molecule has 0 atom stereocenters. The van der Waals surface area contributed by atoms with Crippen molar-refractivity contribution in [3.63, 3.8) is 0 Å². The molecule has 1 saturated heterocycles. The van der Waals surface area contributed by atoms with Gasteiger partial charge >= 0.3 is 0 Å². The predicted octanol–water partition coefficient (Wildman–Crippen LogP) is 4.05. The minimum absolute atomic E-state index is 0.498. The van der Waals surface area contributed by atoms with Crippen LogP contribution < -0.4 is 4.90 Å². The summed E-state index contributed by atoms with van der Waals surface area (Å²) in [5, 5.41) is 11.2. The molecule has 4 rings (SSSR count). The first kappa shape index (κ1) is 16.6. The average Bonchev–Trinajstić information content (AvgIpc) is 3.07. The number of imidazole rings is 1. The highest BCUT2D eigenvalue weighted by atomic mass is 35.5. The Balaban J connectivity index is 1.79. The molecule has 1 aromatic carbocycles. The fraction of sp³-hybridized carbons (Fsp3) is 0.333. The van der Waals surface area contributed by atoms with Gasteiger partial charge in [0.05, 0.1) is 15.6 Å².